The van der Waals surface area contributed by atoms with Gasteiger partial charge in [-0.1, -0.05) is 0 Å². The molecule has 1 aliphatic rings. The predicted molar refractivity (Wildman–Crippen MR) is 81.0 cm³/mol. The lowest BCUT2D eigenvalue weighted by Gasteiger charge is -2.23. The van der Waals surface area contributed by atoms with Gasteiger partial charge in [0.2, 0.25) is 0 Å². The molecule has 0 aromatic heterocycles. The van der Waals surface area contributed by atoms with E-state index in [2.05, 4.69) is 4.90 Å². The van der Waals surface area contributed by atoms with Crippen molar-refractivity contribution in [1.29, 1.82) is 0 Å². The van der Waals surface area contributed by atoms with Gasteiger partial charge >= 0.3 is 5.97 Å². The fourth-order valence-corrected chi connectivity index (χ4v) is 3.02. The Morgan fingerprint density at radius 1 is 1.42 bits per heavy atom. The third-order valence-corrected chi connectivity index (χ3v) is 4.17. The highest BCUT2D eigenvalue weighted by Crippen LogP contribution is 2.24. The highest BCUT2D eigenvalue weighted by Gasteiger charge is 2.15. The molecule has 2 rings (SSSR count). The molecule has 0 aliphatic carbocycles. The monoisotopic (exact) mass is 280 g/mol. The van der Waals surface area contributed by atoms with E-state index in [0.717, 1.165) is 24.5 Å². The van der Waals surface area contributed by atoms with E-state index in [1.165, 1.54) is 12.2 Å². The van der Waals surface area contributed by atoms with Crippen LogP contribution in [0, 0.1) is 0 Å². The van der Waals surface area contributed by atoms with Gasteiger partial charge in [0.05, 0.1) is 12.2 Å². The van der Waals surface area contributed by atoms with E-state index in [1.54, 1.807) is 13.0 Å². The van der Waals surface area contributed by atoms with E-state index in [0.29, 0.717) is 17.9 Å². The van der Waals surface area contributed by atoms with Gasteiger partial charge < -0.3 is 15.4 Å². The zero-order valence-electron chi connectivity index (χ0n) is 11.2. The number of ether oxygens (including phenoxy) is 1. The molecule has 1 aromatic rings. The van der Waals surface area contributed by atoms with Crippen molar-refractivity contribution >= 4 is 29.1 Å². The van der Waals surface area contributed by atoms with Crippen LogP contribution in [0.5, 0.6) is 0 Å². The van der Waals surface area contributed by atoms with Gasteiger partial charge in [0.25, 0.3) is 0 Å². The van der Waals surface area contributed by atoms with E-state index >= 15 is 0 Å². The summed E-state index contributed by atoms with van der Waals surface area (Å²) in [5, 5.41) is 0. The Bertz CT molecular complexity index is 443. The molecule has 1 aromatic carbocycles. The van der Waals surface area contributed by atoms with E-state index in [9.17, 15) is 4.79 Å². The second-order valence-corrected chi connectivity index (χ2v) is 5.67. The Hall–Kier alpha value is -1.36. The maximum atomic E-state index is 11.8. The molecule has 0 saturated carbocycles. The molecular weight excluding hydrogens is 260 g/mol. The third kappa shape index (κ3) is 3.56. The number of nitrogen functional groups attached to an aromatic ring is 1. The number of carbonyl (C=O) groups is 1. The van der Waals surface area contributed by atoms with Crippen molar-refractivity contribution in [3.63, 3.8) is 0 Å². The molecule has 0 atom stereocenters. The summed E-state index contributed by atoms with van der Waals surface area (Å²) in [4.78, 5) is 14.2. The van der Waals surface area contributed by atoms with Gasteiger partial charge in [-0.05, 0) is 37.3 Å². The number of nitrogens with zero attached hydrogens (tertiary/aromatic N) is 1. The number of hydrogen-bond donors (Lipinski definition) is 1. The topological polar surface area (TPSA) is 55.6 Å². The second kappa shape index (κ2) is 6.70. The van der Waals surface area contributed by atoms with Crippen LogP contribution in [-0.4, -0.2) is 37.2 Å². The first-order valence-electron chi connectivity index (χ1n) is 6.61. The Morgan fingerprint density at radius 3 is 3.05 bits per heavy atom. The molecular formula is C14H20N2O2S. The maximum absolute atomic E-state index is 11.8. The molecule has 2 N–H and O–H groups in total. The van der Waals surface area contributed by atoms with Gasteiger partial charge in [-0.15, -0.1) is 0 Å². The lowest BCUT2D eigenvalue weighted by Crippen LogP contribution is -2.25. The zero-order valence-corrected chi connectivity index (χ0v) is 12.0. The molecule has 1 saturated heterocycles. The average molecular weight is 280 g/mol. The van der Waals surface area contributed by atoms with Crippen LogP contribution in [0.2, 0.25) is 0 Å². The van der Waals surface area contributed by atoms with Gasteiger partial charge in [0.15, 0.2) is 0 Å². The van der Waals surface area contributed by atoms with Crippen molar-refractivity contribution in [3.05, 3.63) is 23.8 Å². The minimum atomic E-state index is -0.342. The summed E-state index contributed by atoms with van der Waals surface area (Å²) >= 11 is 1.98. The number of esters is 1. The molecule has 1 aliphatic heterocycles. The molecule has 4 nitrogen and oxygen atoms in total. The summed E-state index contributed by atoms with van der Waals surface area (Å²) in [7, 11) is 0. The summed E-state index contributed by atoms with van der Waals surface area (Å²) in [6.45, 7) is 4.20. The quantitative estimate of drug-likeness (QED) is 0.680. The molecule has 0 bridgehead atoms. The largest absolute Gasteiger partial charge is 0.462 e. The van der Waals surface area contributed by atoms with E-state index in [4.69, 9.17) is 10.5 Å². The molecule has 0 unspecified atom stereocenters. The summed E-state index contributed by atoms with van der Waals surface area (Å²) in [5.74, 6) is 1.99. The fraction of sp³-hybridized carbons (Fsp3) is 0.500. The standard InChI is InChI=1S/C14H20N2O2S/c1-2-18-14(17)12-10-11(4-5-13(12)15)16-6-3-8-19-9-7-16/h4-5,10H,2-3,6-9,15H2,1H3. The SMILES string of the molecule is CCOC(=O)c1cc(N2CCCSCC2)ccc1N. The van der Waals surface area contributed by atoms with Crippen molar-refractivity contribution in [2.75, 3.05) is 41.8 Å². The lowest BCUT2D eigenvalue weighted by atomic mass is 10.1. The lowest BCUT2D eigenvalue weighted by molar-refractivity contribution is 0.0527. The van der Waals surface area contributed by atoms with Crippen LogP contribution in [0.4, 0.5) is 11.4 Å². The second-order valence-electron chi connectivity index (χ2n) is 4.44. The Morgan fingerprint density at radius 2 is 2.26 bits per heavy atom. The smallest absolute Gasteiger partial charge is 0.340 e. The van der Waals surface area contributed by atoms with Crippen molar-refractivity contribution in [2.45, 2.75) is 13.3 Å². The van der Waals surface area contributed by atoms with Gasteiger partial charge in [-0.25, -0.2) is 4.79 Å². The fourth-order valence-electron chi connectivity index (χ4n) is 2.13. The number of hydrogen-bond acceptors (Lipinski definition) is 5. The number of thioether (sulfide) groups is 1. The Balaban J connectivity index is 2.21. The normalized spacial score (nSPS) is 15.9. The van der Waals surface area contributed by atoms with Crippen molar-refractivity contribution in [1.82, 2.24) is 0 Å². The Kier molecular flexibility index (Phi) is 4.96. The van der Waals surface area contributed by atoms with Crippen molar-refractivity contribution in [2.24, 2.45) is 0 Å². The number of nitrogens with two attached hydrogens (primary N) is 1. The van der Waals surface area contributed by atoms with E-state index in [1.807, 2.05) is 23.9 Å². The van der Waals surface area contributed by atoms with Gasteiger partial charge in [-0.3, -0.25) is 0 Å². The van der Waals surface area contributed by atoms with E-state index < -0.39 is 0 Å². The van der Waals surface area contributed by atoms with Gasteiger partial charge in [-0.2, -0.15) is 11.8 Å². The van der Waals surface area contributed by atoms with Crippen LogP contribution in [-0.2, 0) is 4.74 Å². The zero-order chi connectivity index (χ0) is 13.7. The molecule has 19 heavy (non-hydrogen) atoms. The van der Waals surface area contributed by atoms with Crippen LogP contribution in [0.15, 0.2) is 18.2 Å². The molecule has 5 heteroatoms. The molecule has 0 radical (unpaired) electrons. The minimum absolute atomic E-state index is 0.342. The maximum Gasteiger partial charge on any atom is 0.340 e. The molecule has 1 heterocycles. The molecule has 1 fully saturated rings. The van der Waals surface area contributed by atoms with Gasteiger partial charge in [0.1, 0.15) is 0 Å². The Labute approximate surface area is 118 Å². The summed E-state index contributed by atoms with van der Waals surface area (Å²) in [6, 6.07) is 5.62. The predicted octanol–water partition coefficient (Wildman–Crippen LogP) is 2.39. The highest BCUT2D eigenvalue weighted by atomic mass is 32.2. The van der Waals surface area contributed by atoms with Crippen LogP contribution in [0.3, 0.4) is 0 Å². The minimum Gasteiger partial charge on any atom is -0.462 e. The highest BCUT2D eigenvalue weighted by molar-refractivity contribution is 7.99. The van der Waals surface area contributed by atoms with Crippen LogP contribution in [0.25, 0.3) is 0 Å². The summed E-state index contributed by atoms with van der Waals surface area (Å²) in [5.41, 5.74) is 7.86. The summed E-state index contributed by atoms with van der Waals surface area (Å²) in [6.07, 6.45) is 1.17. The van der Waals surface area contributed by atoms with Crippen molar-refractivity contribution in [3.8, 4) is 0 Å². The van der Waals surface area contributed by atoms with E-state index in [-0.39, 0.29) is 5.97 Å². The molecule has 0 spiro atoms. The number of anilines is 2. The first-order valence-corrected chi connectivity index (χ1v) is 7.77. The van der Waals surface area contributed by atoms with Crippen molar-refractivity contribution < 1.29 is 9.53 Å². The average Bonchev–Trinajstić information content (AvgIpc) is 2.68. The van der Waals surface area contributed by atoms with Crippen LogP contribution in [0.1, 0.15) is 23.7 Å². The summed E-state index contributed by atoms with van der Waals surface area (Å²) < 4.78 is 5.03. The van der Waals surface area contributed by atoms with Crippen LogP contribution >= 0.6 is 11.8 Å². The van der Waals surface area contributed by atoms with Gasteiger partial charge in [0, 0.05) is 30.2 Å². The number of benzene rings is 1. The first kappa shape index (κ1) is 14.1. The number of rotatable bonds is 3. The third-order valence-electron chi connectivity index (χ3n) is 3.12. The van der Waals surface area contributed by atoms with Crippen LogP contribution < -0.4 is 10.6 Å². The molecule has 0 amide bonds. The number of carbonyl (C=O) groups excluding carboxylic acids is 1. The first-order chi connectivity index (χ1) is 9.22. The molecule has 104 valence electrons.